The van der Waals surface area contributed by atoms with E-state index in [1.165, 1.54) is 0 Å². The Labute approximate surface area is 129 Å². The van der Waals surface area contributed by atoms with Crippen LogP contribution in [0.25, 0.3) is 11.1 Å². The normalized spacial score (nSPS) is 12.3. The fraction of sp³-hybridized carbons (Fsp3) is 0.176. The van der Waals surface area contributed by atoms with Gasteiger partial charge in [0.25, 0.3) is 0 Å². The first-order valence-corrected chi connectivity index (χ1v) is 7.24. The lowest BCUT2D eigenvalue weighted by Crippen LogP contribution is -2.13. The average Bonchev–Trinajstić information content (AvgIpc) is 3.00. The van der Waals surface area contributed by atoms with Crippen LogP contribution in [0.4, 0.5) is 0 Å². The molecule has 0 radical (unpaired) electrons. The molecule has 112 valence electrons. The number of aromatic amines is 1. The van der Waals surface area contributed by atoms with Crippen molar-refractivity contribution in [2.24, 2.45) is 5.73 Å². The quantitative estimate of drug-likeness (QED) is 0.674. The van der Waals surface area contributed by atoms with Crippen LogP contribution in [-0.4, -0.2) is 22.2 Å². The lowest BCUT2D eigenvalue weighted by molar-refractivity contribution is 0.778. The van der Waals surface area contributed by atoms with Crippen molar-refractivity contribution >= 4 is 0 Å². The van der Waals surface area contributed by atoms with Crippen LogP contribution in [0.5, 0.6) is 0 Å². The molecule has 0 bridgehead atoms. The highest BCUT2D eigenvalue weighted by Crippen LogP contribution is 2.31. The number of nitrogens with zero attached hydrogens (tertiary/aromatic N) is 2. The molecule has 0 saturated carbocycles. The molecular weight excluding hydrogens is 274 g/mol. The van der Waals surface area contributed by atoms with Gasteiger partial charge in [-0.2, -0.15) is 5.10 Å². The van der Waals surface area contributed by atoms with E-state index >= 15 is 0 Å². The van der Waals surface area contributed by atoms with Gasteiger partial charge in [0.2, 0.25) is 0 Å². The number of pyridine rings is 1. The van der Waals surface area contributed by atoms with E-state index in [0.29, 0.717) is 6.54 Å². The number of nitrogens with one attached hydrogen (secondary N) is 2. The summed E-state index contributed by atoms with van der Waals surface area (Å²) in [7, 11) is 1.91. The molecule has 0 spiro atoms. The van der Waals surface area contributed by atoms with Crippen LogP contribution in [0.15, 0.2) is 54.9 Å². The van der Waals surface area contributed by atoms with Crippen molar-refractivity contribution in [3.8, 4) is 11.1 Å². The first-order chi connectivity index (χ1) is 10.8. The second kappa shape index (κ2) is 6.51. The van der Waals surface area contributed by atoms with Crippen molar-refractivity contribution < 1.29 is 0 Å². The third-order valence-corrected chi connectivity index (χ3v) is 3.65. The minimum absolute atomic E-state index is 0.272. The number of benzene rings is 1. The summed E-state index contributed by atoms with van der Waals surface area (Å²) in [4.78, 5) is 4.09. The minimum atomic E-state index is -0.272. The monoisotopic (exact) mass is 293 g/mol. The molecular formula is C17H19N5. The Hall–Kier alpha value is -2.50. The van der Waals surface area contributed by atoms with Gasteiger partial charge in [0.15, 0.2) is 0 Å². The minimum Gasteiger partial charge on any atom is -0.319 e. The Morgan fingerprint density at radius 1 is 1.14 bits per heavy atom. The predicted molar refractivity (Wildman–Crippen MR) is 87.1 cm³/mol. The third-order valence-electron chi connectivity index (χ3n) is 3.65. The Balaban J connectivity index is 2.08. The molecule has 0 aliphatic heterocycles. The number of H-pyrrole nitrogens is 1. The van der Waals surface area contributed by atoms with E-state index < -0.39 is 0 Å². The zero-order chi connectivity index (χ0) is 15.4. The molecule has 0 aliphatic carbocycles. The van der Waals surface area contributed by atoms with E-state index in [-0.39, 0.29) is 6.04 Å². The van der Waals surface area contributed by atoms with Crippen LogP contribution in [0.3, 0.4) is 0 Å². The second-order valence-corrected chi connectivity index (χ2v) is 5.12. The molecule has 4 N–H and O–H groups in total. The van der Waals surface area contributed by atoms with Gasteiger partial charge in [-0.15, -0.1) is 0 Å². The number of nitrogens with two attached hydrogens (primary N) is 1. The van der Waals surface area contributed by atoms with Crippen molar-refractivity contribution in [3.05, 3.63) is 71.8 Å². The van der Waals surface area contributed by atoms with Gasteiger partial charge in [-0.05, 0) is 30.3 Å². The van der Waals surface area contributed by atoms with Crippen LogP contribution >= 0.6 is 0 Å². The maximum Gasteiger partial charge on any atom is 0.0916 e. The Bertz CT molecular complexity index is 721. The van der Waals surface area contributed by atoms with E-state index in [2.05, 4.69) is 20.5 Å². The van der Waals surface area contributed by atoms with Gasteiger partial charge < -0.3 is 11.1 Å². The van der Waals surface area contributed by atoms with E-state index in [1.807, 2.05) is 49.5 Å². The molecule has 5 heteroatoms. The largest absolute Gasteiger partial charge is 0.319 e. The Morgan fingerprint density at radius 3 is 2.55 bits per heavy atom. The number of hydrogen-bond donors (Lipinski definition) is 3. The number of hydrogen-bond acceptors (Lipinski definition) is 4. The van der Waals surface area contributed by atoms with Crippen molar-refractivity contribution in [1.29, 1.82) is 0 Å². The maximum absolute atomic E-state index is 6.45. The molecule has 5 nitrogen and oxygen atoms in total. The topological polar surface area (TPSA) is 79.6 Å². The summed E-state index contributed by atoms with van der Waals surface area (Å²) in [5, 5.41) is 10.7. The van der Waals surface area contributed by atoms with Crippen LogP contribution in [0.2, 0.25) is 0 Å². The van der Waals surface area contributed by atoms with Gasteiger partial charge in [0.05, 0.1) is 17.4 Å². The van der Waals surface area contributed by atoms with E-state index in [9.17, 15) is 0 Å². The molecule has 0 saturated heterocycles. The molecule has 0 aliphatic rings. The Kier molecular flexibility index (Phi) is 4.27. The zero-order valence-corrected chi connectivity index (χ0v) is 12.5. The SMILES string of the molecule is CNCc1[nH]nc([C@H](N)c2ccccc2)c1-c1ccncc1. The molecule has 2 aromatic heterocycles. The molecule has 0 amide bonds. The lowest BCUT2D eigenvalue weighted by atomic mass is 9.96. The predicted octanol–water partition coefficient (Wildman–Crippen LogP) is 2.24. The smallest absolute Gasteiger partial charge is 0.0916 e. The Morgan fingerprint density at radius 2 is 1.86 bits per heavy atom. The summed E-state index contributed by atoms with van der Waals surface area (Å²) < 4.78 is 0. The summed E-state index contributed by atoms with van der Waals surface area (Å²) >= 11 is 0. The standard InChI is InChI=1S/C17H19N5/c1-19-11-14-15(12-7-9-20-10-8-12)17(22-21-14)16(18)13-5-3-2-4-6-13/h2-10,16,19H,11,18H2,1H3,(H,21,22)/t16-/m1/s1. The molecule has 1 atom stereocenters. The van der Waals surface area contributed by atoms with Crippen LogP contribution in [0, 0.1) is 0 Å². The van der Waals surface area contributed by atoms with Gasteiger partial charge in [-0.25, -0.2) is 0 Å². The second-order valence-electron chi connectivity index (χ2n) is 5.12. The van der Waals surface area contributed by atoms with E-state index in [1.54, 1.807) is 12.4 Å². The molecule has 2 heterocycles. The summed E-state index contributed by atoms with van der Waals surface area (Å²) in [6, 6.07) is 13.7. The molecule has 0 unspecified atom stereocenters. The highest BCUT2D eigenvalue weighted by Gasteiger charge is 2.21. The average molecular weight is 293 g/mol. The summed E-state index contributed by atoms with van der Waals surface area (Å²) in [6.45, 7) is 0.701. The third kappa shape index (κ3) is 2.77. The zero-order valence-electron chi connectivity index (χ0n) is 12.5. The van der Waals surface area contributed by atoms with Crippen molar-refractivity contribution in [3.63, 3.8) is 0 Å². The molecule has 22 heavy (non-hydrogen) atoms. The lowest BCUT2D eigenvalue weighted by Gasteiger charge is -2.13. The first kappa shape index (κ1) is 14.4. The van der Waals surface area contributed by atoms with Crippen molar-refractivity contribution in [2.75, 3.05) is 7.05 Å². The fourth-order valence-electron chi connectivity index (χ4n) is 2.58. The van der Waals surface area contributed by atoms with Crippen LogP contribution in [0.1, 0.15) is 23.0 Å². The maximum atomic E-state index is 6.45. The van der Waals surface area contributed by atoms with Crippen LogP contribution in [-0.2, 0) is 6.54 Å². The fourth-order valence-corrected chi connectivity index (χ4v) is 2.58. The summed E-state index contributed by atoms with van der Waals surface area (Å²) in [5.74, 6) is 0. The molecule has 0 fully saturated rings. The highest BCUT2D eigenvalue weighted by molar-refractivity contribution is 5.69. The summed E-state index contributed by atoms with van der Waals surface area (Å²) in [6.07, 6.45) is 3.56. The van der Waals surface area contributed by atoms with Gasteiger partial charge in [-0.3, -0.25) is 10.1 Å². The molecule has 3 rings (SSSR count). The van der Waals surface area contributed by atoms with Gasteiger partial charge >= 0.3 is 0 Å². The molecule has 3 aromatic rings. The summed E-state index contributed by atoms with van der Waals surface area (Å²) in [5.41, 5.74) is 11.5. The highest BCUT2D eigenvalue weighted by atomic mass is 15.1. The van der Waals surface area contributed by atoms with Crippen LogP contribution < -0.4 is 11.1 Å². The first-order valence-electron chi connectivity index (χ1n) is 7.24. The van der Waals surface area contributed by atoms with Crippen molar-refractivity contribution in [1.82, 2.24) is 20.5 Å². The van der Waals surface area contributed by atoms with Gasteiger partial charge in [0.1, 0.15) is 0 Å². The van der Waals surface area contributed by atoms with E-state index in [4.69, 9.17) is 5.73 Å². The van der Waals surface area contributed by atoms with Gasteiger partial charge in [0, 0.05) is 24.5 Å². The van der Waals surface area contributed by atoms with E-state index in [0.717, 1.165) is 28.1 Å². The van der Waals surface area contributed by atoms with Crippen molar-refractivity contribution in [2.45, 2.75) is 12.6 Å². The number of rotatable bonds is 5. The van der Waals surface area contributed by atoms with Gasteiger partial charge in [-0.1, -0.05) is 30.3 Å². The number of aromatic nitrogens is 3. The molecule has 1 aromatic carbocycles.